The molecule has 0 saturated carbocycles. The highest BCUT2D eigenvalue weighted by Gasteiger charge is 2.29. The fraction of sp³-hybridized carbons (Fsp3) is 0. The van der Waals surface area contributed by atoms with Gasteiger partial charge in [0.2, 0.25) is 5.75 Å². The van der Waals surface area contributed by atoms with E-state index in [0.717, 1.165) is 0 Å². The quantitative estimate of drug-likeness (QED) is 0.578. The Balaban J connectivity index is 3.11. The lowest BCUT2D eigenvalue weighted by Gasteiger charge is -2.05. The van der Waals surface area contributed by atoms with Gasteiger partial charge in [-0.15, -0.1) is 0 Å². The van der Waals surface area contributed by atoms with Crippen LogP contribution in [0.4, 0.5) is 11.4 Å². The number of nitrogens with zero attached hydrogens (tertiary/aromatic N) is 2. The van der Waals surface area contributed by atoms with Gasteiger partial charge in [-0.05, 0) is 37.9 Å². The van der Waals surface area contributed by atoms with Crippen molar-refractivity contribution in [3.63, 3.8) is 0 Å². The summed E-state index contributed by atoms with van der Waals surface area (Å²) in [6, 6.07) is 1.23. The summed E-state index contributed by atoms with van der Waals surface area (Å²) >= 11 is 6.00. The van der Waals surface area contributed by atoms with Crippen molar-refractivity contribution in [3.05, 3.63) is 45.6 Å². The summed E-state index contributed by atoms with van der Waals surface area (Å²) in [6.07, 6.45) is 0. The van der Waals surface area contributed by atoms with Crippen LogP contribution in [0.25, 0.3) is 10.9 Å². The first-order valence-corrected chi connectivity index (χ1v) is 6.40. The average molecular weight is 409 g/mol. The average Bonchev–Trinajstić information content (AvgIpc) is 2.31. The molecule has 0 spiro atoms. The zero-order valence-corrected chi connectivity index (χ0v) is 12.4. The SMILES string of the molecule is O=c1[nH]c2c([N+](=O)[O-])c(Br)c(Br)cc2c(O)c1[N+](=O)[O-]. The Labute approximate surface area is 125 Å². The minimum atomic E-state index is -1.22. The molecule has 0 bridgehead atoms. The van der Waals surface area contributed by atoms with E-state index < -0.39 is 32.5 Å². The van der Waals surface area contributed by atoms with Crippen LogP contribution in [0.5, 0.6) is 5.75 Å². The Bertz CT molecular complexity index is 831. The van der Waals surface area contributed by atoms with Crippen molar-refractivity contribution in [1.29, 1.82) is 0 Å². The van der Waals surface area contributed by atoms with Gasteiger partial charge in [-0.25, -0.2) is 0 Å². The molecule has 104 valence electrons. The van der Waals surface area contributed by atoms with Gasteiger partial charge in [0.25, 0.3) is 0 Å². The Morgan fingerprint density at radius 3 is 2.20 bits per heavy atom. The van der Waals surface area contributed by atoms with E-state index in [9.17, 15) is 30.1 Å². The van der Waals surface area contributed by atoms with Crippen LogP contribution in [0.3, 0.4) is 0 Å². The number of aromatic hydroxyl groups is 1. The second-order valence-corrected chi connectivity index (χ2v) is 5.26. The molecule has 0 fully saturated rings. The molecule has 0 saturated heterocycles. The largest absolute Gasteiger partial charge is 0.501 e. The molecule has 2 aromatic rings. The molecule has 1 aromatic carbocycles. The fourth-order valence-corrected chi connectivity index (χ4v) is 2.55. The van der Waals surface area contributed by atoms with E-state index in [0.29, 0.717) is 0 Å². The molecule has 0 atom stereocenters. The van der Waals surface area contributed by atoms with Crippen molar-refractivity contribution in [1.82, 2.24) is 4.98 Å². The minimum absolute atomic E-state index is 0.0407. The van der Waals surface area contributed by atoms with Crippen molar-refractivity contribution in [3.8, 4) is 5.75 Å². The summed E-state index contributed by atoms with van der Waals surface area (Å²) in [4.78, 5) is 33.5. The third-order valence-corrected chi connectivity index (χ3v) is 4.45. The molecule has 2 rings (SSSR count). The van der Waals surface area contributed by atoms with E-state index in [1.54, 1.807) is 0 Å². The summed E-state index contributed by atoms with van der Waals surface area (Å²) in [5.74, 6) is -0.926. The van der Waals surface area contributed by atoms with Gasteiger partial charge >= 0.3 is 16.9 Å². The second kappa shape index (κ2) is 4.83. The highest BCUT2D eigenvalue weighted by atomic mass is 79.9. The maximum absolute atomic E-state index is 11.6. The maximum atomic E-state index is 11.6. The van der Waals surface area contributed by atoms with Crippen molar-refractivity contribution in [2.24, 2.45) is 0 Å². The lowest BCUT2D eigenvalue weighted by atomic mass is 10.1. The highest BCUT2D eigenvalue weighted by molar-refractivity contribution is 9.13. The number of halogens is 2. The Morgan fingerprint density at radius 1 is 1.15 bits per heavy atom. The summed E-state index contributed by atoms with van der Waals surface area (Å²) < 4.78 is 0.243. The lowest BCUT2D eigenvalue weighted by molar-refractivity contribution is -0.387. The van der Waals surface area contributed by atoms with E-state index in [-0.39, 0.29) is 19.8 Å². The number of aromatic amines is 1. The molecule has 0 unspecified atom stereocenters. The van der Waals surface area contributed by atoms with Gasteiger partial charge in [0, 0.05) is 4.47 Å². The first kappa shape index (κ1) is 14.4. The van der Waals surface area contributed by atoms with Crippen LogP contribution in [-0.2, 0) is 0 Å². The molecule has 0 aliphatic carbocycles. The normalized spacial score (nSPS) is 10.7. The van der Waals surface area contributed by atoms with Crippen LogP contribution >= 0.6 is 31.9 Å². The molecular formula is C9H3Br2N3O6. The number of hydrogen-bond acceptors (Lipinski definition) is 6. The number of nitrogens with one attached hydrogen (secondary N) is 1. The number of pyridine rings is 1. The van der Waals surface area contributed by atoms with E-state index in [1.165, 1.54) is 6.07 Å². The van der Waals surface area contributed by atoms with Gasteiger partial charge in [0.15, 0.2) is 0 Å². The summed E-state index contributed by atoms with van der Waals surface area (Å²) in [6.45, 7) is 0. The predicted molar refractivity (Wildman–Crippen MR) is 74.9 cm³/mol. The Kier molecular flexibility index (Phi) is 3.48. The van der Waals surface area contributed by atoms with Crippen molar-refractivity contribution in [2.45, 2.75) is 0 Å². The molecule has 9 nitrogen and oxygen atoms in total. The maximum Gasteiger partial charge on any atom is 0.375 e. The van der Waals surface area contributed by atoms with E-state index in [4.69, 9.17) is 0 Å². The van der Waals surface area contributed by atoms with Crippen molar-refractivity contribution < 1.29 is 15.0 Å². The Morgan fingerprint density at radius 2 is 1.70 bits per heavy atom. The fourth-order valence-electron chi connectivity index (χ4n) is 1.67. The van der Waals surface area contributed by atoms with Gasteiger partial charge in [0.05, 0.1) is 15.2 Å². The first-order valence-electron chi connectivity index (χ1n) is 4.81. The Hall–Kier alpha value is -2.01. The number of nitro groups is 2. The van der Waals surface area contributed by atoms with Gasteiger partial charge < -0.3 is 10.1 Å². The first-order chi connectivity index (χ1) is 9.25. The molecule has 20 heavy (non-hydrogen) atoms. The van der Waals surface area contributed by atoms with Crippen molar-refractivity contribution in [2.75, 3.05) is 0 Å². The summed E-state index contributed by atoms with van der Waals surface area (Å²) in [5, 5.41) is 31.4. The number of rotatable bonds is 2. The third kappa shape index (κ3) is 2.04. The van der Waals surface area contributed by atoms with Crippen LogP contribution < -0.4 is 5.56 Å². The number of nitro benzene ring substituents is 1. The van der Waals surface area contributed by atoms with E-state index in [2.05, 4.69) is 31.9 Å². The number of aromatic nitrogens is 1. The summed E-state index contributed by atoms with van der Waals surface area (Å²) in [5.41, 5.74) is -3.12. The monoisotopic (exact) mass is 407 g/mol. The standard InChI is InChI=1S/C9H3Br2N3O6/c10-3-1-2-5(6(4(3)11)13(17)18)12-9(16)7(8(2)15)14(19)20/h1H,(H2,12,15,16). The molecule has 0 aliphatic heterocycles. The predicted octanol–water partition coefficient (Wildman–Crippen LogP) is 2.58. The van der Waals surface area contributed by atoms with Gasteiger partial charge in [-0.3, -0.25) is 25.0 Å². The highest BCUT2D eigenvalue weighted by Crippen LogP contribution is 2.42. The molecule has 1 aromatic heterocycles. The number of benzene rings is 1. The topological polar surface area (TPSA) is 139 Å². The minimum Gasteiger partial charge on any atom is -0.501 e. The van der Waals surface area contributed by atoms with Gasteiger partial charge in [-0.2, -0.15) is 0 Å². The van der Waals surface area contributed by atoms with Gasteiger partial charge in [-0.1, -0.05) is 0 Å². The molecule has 1 heterocycles. The molecular weight excluding hydrogens is 406 g/mol. The third-order valence-electron chi connectivity index (χ3n) is 2.49. The zero-order valence-electron chi connectivity index (χ0n) is 9.22. The lowest BCUT2D eigenvalue weighted by Crippen LogP contribution is -2.12. The molecule has 0 radical (unpaired) electrons. The molecule has 0 amide bonds. The van der Waals surface area contributed by atoms with E-state index in [1.807, 2.05) is 4.98 Å². The molecule has 11 heteroatoms. The summed E-state index contributed by atoms with van der Waals surface area (Å²) in [7, 11) is 0. The zero-order chi connectivity index (χ0) is 15.2. The van der Waals surface area contributed by atoms with Crippen LogP contribution in [0.1, 0.15) is 0 Å². The number of fused-ring (bicyclic) bond motifs is 1. The molecule has 2 N–H and O–H groups in total. The van der Waals surface area contributed by atoms with E-state index >= 15 is 0 Å². The molecule has 0 aliphatic rings. The smallest absolute Gasteiger partial charge is 0.375 e. The van der Waals surface area contributed by atoms with Gasteiger partial charge in [0.1, 0.15) is 9.99 Å². The van der Waals surface area contributed by atoms with Crippen LogP contribution in [0, 0.1) is 20.2 Å². The second-order valence-electron chi connectivity index (χ2n) is 3.61. The van der Waals surface area contributed by atoms with Crippen LogP contribution in [-0.4, -0.2) is 19.9 Å². The number of H-pyrrole nitrogens is 1. The van der Waals surface area contributed by atoms with Crippen LogP contribution in [0.15, 0.2) is 19.8 Å². The van der Waals surface area contributed by atoms with Crippen LogP contribution in [0.2, 0.25) is 0 Å². The number of hydrogen-bond donors (Lipinski definition) is 2. The van der Waals surface area contributed by atoms with Crippen molar-refractivity contribution >= 4 is 54.1 Å².